The van der Waals surface area contributed by atoms with Crippen molar-refractivity contribution in [1.29, 1.82) is 5.41 Å². The molecule has 0 spiro atoms. The van der Waals surface area contributed by atoms with Crippen LogP contribution in [-0.4, -0.2) is 19.6 Å². The van der Waals surface area contributed by atoms with Crippen molar-refractivity contribution in [3.63, 3.8) is 0 Å². The normalized spacial score (nSPS) is 9.64. The molecule has 0 atom stereocenters. The number of ether oxygens (including phenoxy) is 2. The van der Waals surface area contributed by atoms with Crippen molar-refractivity contribution in [1.82, 2.24) is 0 Å². The molecule has 0 aliphatic heterocycles. The maximum absolute atomic E-state index is 12.8. The summed E-state index contributed by atoms with van der Waals surface area (Å²) in [6.45, 7) is 2.18. The number of hydrogen-bond acceptors (Lipinski definition) is 3. The van der Waals surface area contributed by atoms with E-state index in [0.29, 0.717) is 17.9 Å². The first-order valence-corrected chi connectivity index (χ1v) is 4.24. The molecular formula is C10H12FNO2. The molecule has 3 nitrogen and oxygen atoms in total. The summed E-state index contributed by atoms with van der Waals surface area (Å²) in [6.07, 6.45) is 0. The van der Waals surface area contributed by atoms with Crippen LogP contribution in [0.1, 0.15) is 12.5 Å². The lowest BCUT2D eigenvalue weighted by molar-refractivity contribution is 0.322. The largest absolute Gasteiger partial charge is 0.496 e. The summed E-state index contributed by atoms with van der Waals surface area (Å²) in [6, 6.07) is 3.96. The maximum Gasteiger partial charge on any atom is 0.217 e. The Morgan fingerprint density at radius 1 is 1.50 bits per heavy atom. The first-order valence-electron chi connectivity index (χ1n) is 4.24. The predicted octanol–water partition coefficient (Wildman–Crippen LogP) is 2.20. The van der Waals surface area contributed by atoms with Crippen molar-refractivity contribution in [3.05, 3.63) is 29.6 Å². The standard InChI is InChI=1S/C10H12FNO2/c1-3-14-10(12)8-5-4-7(11)6-9(8)13-2/h4-6,12H,3H2,1-2H3. The Morgan fingerprint density at radius 2 is 2.21 bits per heavy atom. The summed E-state index contributed by atoms with van der Waals surface area (Å²) in [5.41, 5.74) is 0.454. The van der Waals surface area contributed by atoms with Crippen LogP contribution in [0.15, 0.2) is 18.2 Å². The van der Waals surface area contributed by atoms with Crippen molar-refractivity contribution in [3.8, 4) is 5.75 Å². The molecule has 0 aliphatic rings. The van der Waals surface area contributed by atoms with Gasteiger partial charge in [-0.25, -0.2) is 4.39 Å². The fourth-order valence-electron chi connectivity index (χ4n) is 1.07. The van der Waals surface area contributed by atoms with Gasteiger partial charge in [0.2, 0.25) is 5.90 Å². The van der Waals surface area contributed by atoms with Crippen LogP contribution >= 0.6 is 0 Å². The quantitative estimate of drug-likeness (QED) is 0.596. The lowest BCUT2D eigenvalue weighted by Crippen LogP contribution is -2.06. The minimum Gasteiger partial charge on any atom is -0.496 e. The molecular weight excluding hydrogens is 185 g/mol. The molecule has 0 saturated heterocycles. The van der Waals surface area contributed by atoms with Gasteiger partial charge in [0.1, 0.15) is 11.6 Å². The first kappa shape index (κ1) is 10.5. The first-order chi connectivity index (χ1) is 6.69. The number of nitrogens with one attached hydrogen (secondary N) is 1. The minimum atomic E-state index is -0.394. The van der Waals surface area contributed by atoms with Gasteiger partial charge in [0.05, 0.1) is 19.3 Å². The van der Waals surface area contributed by atoms with Crippen LogP contribution in [0.25, 0.3) is 0 Å². The average molecular weight is 197 g/mol. The van der Waals surface area contributed by atoms with Gasteiger partial charge in [0.15, 0.2) is 0 Å². The Morgan fingerprint density at radius 3 is 2.79 bits per heavy atom. The topological polar surface area (TPSA) is 42.3 Å². The van der Waals surface area contributed by atoms with Gasteiger partial charge < -0.3 is 9.47 Å². The highest BCUT2D eigenvalue weighted by atomic mass is 19.1. The molecule has 1 rings (SSSR count). The molecule has 4 heteroatoms. The van der Waals surface area contributed by atoms with E-state index in [2.05, 4.69) is 0 Å². The summed E-state index contributed by atoms with van der Waals surface area (Å²) < 4.78 is 22.7. The Kier molecular flexibility index (Phi) is 3.45. The lowest BCUT2D eigenvalue weighted by Gasteiger charge is -2.09. The average Bonchev–Trinajstić information content (AvgIpc) is 2.17. The smallest absolute Gasteiger partial charge is 0.217 e. The Balaban J connectivity index is 3.01. The van der Waals surface area contributed by atoms with Gasteiger partial charge >= 0.3 is 0 Å². The second-order valence-corrected chi connectivity index (χ2v) is 2.61. The number of benzene rings is 1. The van der Waals surface area contributed by atoms with E-state index in [1.54, 1.807) is 6.92 Å². The molecule has 0 heterocycles. The Hall–Kier alpha value is -1.58. The van der Waals surface area contributed by atoms with Gasteiger partial charge in [-0.05, 0) is 19.1 Å². The fourth-order valence-corrected chi connectivity index (χ4v) is 1.07. The van der Waals surface area contributed by atoms with E-state index < -0.39 is 5.82 Å². The van der Waals surface area contributed by atoms with Crippen LogP contribution in [0.2, 0.25) is 0 Å². The van der Waals surface area contributed by atoms with Gasteiger partial charge in [-0.1, -0.05) is 0 Å². The minimum absolute atomic E-state index is 0.00986. The number of methoxy groups -OCH3 is 1. The van der Waals surface area contributed by atoms with E-state index >= 15 is 0 Å². The van der Waals surface area contributed by atoms with Crippen molar-refractivity contribution in [2.24, 2.45) is 0 Å². The Bertz CT molecular complexity index is 339. The highest BCUT2D eigenvalue weighted by molar-refractivity contribution is 5.94. The van der Waals surface area contributed by atoms with Crippen LogP contribution in [0.3, 0.4) is 0 Å². The second kappa shape index (κ2) is 4.60. The molecule has 0 aliphatic carbocycles. The third-order valence-corrected chi connectivity index (χ3v) is 1.70. The van der Waals surface area contributed by atoms with E-state index in [0.717, 1.165) is 0 Å². The summed E-state index contributed by atoms with van der Waals surface area (Å²) in [5.74, 6) is -0.0947. The zero-order chi connectivity index (χ0) is 10.6. The molecule has 0 fully saturated rings. The van der Waals surface area contributed by atoms with Crippen LogP contribution < -0.4 is 4.74 Å². The monoisotopic (exact) mass is 197 g/mol. The summed E-state index contributed by atoms with van der Waals surface area (Å²) in [5, 5.41) is 7.52. The molecule has 0 aromatic heterocycles. The van der Waals surface area contributed by atoms with Crippen molar-refractivity contribution < 1.29 is 13.9 Å². The molecule has 76 valence electrons. The molecule has 0 bridgehead atoms. The lowest BCUT2D eigenvalue weighted by atomic mass is 10.2. The molecule has 1 aromatic carbocycles. The molecule has 14 heavy (non-hydrogen) atoms. The predicted molar refractivity (Wildman–Crippen MR) is 51.4 cm³/mol. The zero-order valence-electron chi connectivity index (χ0n) is 8.13. The van der Waals surface area contributed by atoms with Gasteiger partial charge in [-0.3, -0.25) is 5.41 Å². The van der Waals surface area contributed by atoms with E-state index in [-0.39, 0.29) is 5.90 Å². The molecule has 0 radical (unpaired) electrons. The number of hydrogen-bond donors (Lipinski definition) is 1. The van der Waals surface area contributed by atoms with E-state index in [9.17, 15) is 4.39 Å². The van der Waals surface area contributed by atoms with Crippen LogP contribution in [0, 0.1) is 11.2 Å². The molecule has 1 aromatic rings. The third-order valence-electron chi connectivity index (χ3n) is 1.70. The Labute approximate surface area is 82.0 Å². The fraction of sp³-hybridized carbons (Fsp3) is 0.300. The molecule has 0 saturated carbocycles. The SMILES string of the molecule is CCOC(=N)c1ccc(F)cc1OC. The maximum atomic E-state index is 12.8. The van der Waals surface area contributed by atoms with Gasteiger partial charge in [-0.15, -0.1) is 0 Å². The van der Waals surface area contributed by atoms with Crippen molar-refractivity contribution in [2.45, 2.75) is 6.92 Å². The van der Waals surface area contributed by atoms with Gasteiger partial charge in [0, 0.05) is 6.07 Å². The number of rotatable bonds is 3. The van der Waals surface area contributed by atoms with E-state index in [4.69, 9.17) is 14.9 Å². The summed E-state index contributed by atoms with van der Waals surface area (Å²) >= 11 is 0. The van der Waals surface area contributed by atoms with Gasteiger partial charge in [0.25, 0.3) is 0 Å². The summed E-state index contributed by atoms with van der Waals surface area (Å²) in [7, 11) is 1.43. The van der Waals surface area contributed by atoms with Crippen LogP contribution in [0.5, 0.6) is 5.75 Å². The van der Waals surface area contributed by atoms with E-state index in [1.165, 1.54) is 25.3 Å². The van der Waals surface area contributed by atoms with Crippen LogP contribution in [0.4, 0.5) is 4.39 Å². The zero-order valence-corrected chi connectivity index (χ0v) is 8.13. The number of halogens is 1. The summed E-state index contributed by atoms with van der Waals surface area (Å²) in [4.78, 5) is 0. The van der Waals surface area contributed by atoms with Crippen molar-refractivity contribution in [2.75, 3.05) is 13.7 Å². The van der Waals surface area contributed by atoms with E-state index in [1.807, 2.05) is 0 Å². The molecule has 0 amide bonds. The van der Waals surface area contributed by atoms with Gasteiger partial charge in [-0.2, -0.15) is 0 Å². The second-order valence-electron chi connectivity index (χ2n) is 2.61. The molecule has 0 unspecified atom stereocenters. The highest BCUT2D eigenvalue weighted by Gasteiger charge is 2.10. The molecule has 1 N–H and O–H groups in total. The van der Waals surface area contributed by atoms with Crippen molar-refractivity contribution >= 4 is 5.90 Å². The van der Waals surface area contributed by atoms with Crippen LogP contribution in [-0.2, 0) is 4.74 Å². The third kappa shape index (κ3) is 2.22. The highest BCUT2D eigenvalue weighted by Crippen LogP contribution is 2.20.